The van der Waals surface area contributed by atoms with Gasteiger partial charge >= 0.3 is 0 Å². The molecule has 0 amide bonds. The van der Waals surface area contributed by atoms with Crippen molar-refractivity contribution in [1.82, 2.24) is 4.98 Å². The number of rotatable bonds is 1. The molecule has 3 N–H and O–H groups in total. The molecule has 0 unspecified atom stereocenters. The third kappa shape index (κ3) is 1.41. The van der Waals surface area contributed by atoms with Gasteiger partial charge in [0.25, 0.3) is 12.0 Å². The second-order valence-electron chi connectivity index (χ2n) is 2.12. The SMILES string of the molecule is Nc1cc(=O)[nH]c(F)c1C(F)F. The van der Waals surface area contributed by atoms with E-state index < -0.39 is 29.2 Å². The molecular formula is C6H5F3N2O. The Hall–Kier alpha value is -1.46. The molecule has 12 heavy (non-hydrogen) atoms. The van der Waals surface area contributed by atoms with Crippen molar-refractivity contribution < 1.29 is 13.2 Å². The summed E-state index contributed by atoms with van der Waals surface area (Å²) in [5.74, 6) is -1.38. The Morgan fingerprint density at radius 2 is 2.08 bits per heavy atom. The molecule has 0 saturated heterocycles. The summed E-state index contributed by atoms with van der Waals surface area (Å²) in [6.07, 6.45) is -3.03. The predicted octanol–water partition coefficient (Wildman–Crippen LogP) is 1.03. The molecule has 1 aromatic heterocycles. The number of nitrogen functional groups attached to an aromatic ring is 1. The molecule has 0 aliphatic carbocycles. The van der Waals surface area contributed by atoms with E-state index in [0.29, 0.717) is 6.07 Å². The first-order valence-electron chi connectivity index (χ1n) is 2.98. The molecule has 1 aromatic rings. The van der Waals surface area contributed by atoms with Crippen LogP contribution in [0.1, 0.15) is 12.0 Å². The van der Waals surface area contributed by atoms with E-state index in [1.54, 1.807) is 4.98 Å². The van der Waals surface area contributed by atoms with E-state index in [1.165, 1.54) is 0 Å². The summed E-state index contributed by atoms with van der Waals surface area (Å²) in [6.45, 7) is 0. The summed E-state index contributed by atoms with van der Waals surface area (Å²) in [4.78, 5) is 12.0. The van der Waals surface area contributed by atoms with Crippen molar-refractivity contribution in [2.45, 2.75) is 6.43 Å². The Morgan fingerprint density at radius 3 is 2.50 bits per heavy atom. The van der Waals surface area contributed by atoms with Crippen LogP contribution in [0.5, 0.6) is 0 Å². The van der Waals surface area contributed by atoms with Gasteiger partial charge in [0.2, 0.25) is 5.95 Å². The number of hydrogen-bond donors (Lipinski definition) is 2. The maximum atomic E-state index is 12.5. The lowest BCUT2D eigenvalue weighted by Gasteiger charge is -2.03. The van der Waals surface area contributed by atoms with Crippen molar-refractivity contribution in [2.24, 2.45) is 0 Å². The van der Waals surface area contributed by atoms with Gasteiger partial charge in [0.1, 0.15) is 0 Å². The fourth-order valence-electron chi connectivity index (χ4n) is 0.779. The zero-order chi connectivity index (χ0) is 9.30. The number of alkyl halides is 2. The highest BCUT2D eigenvalue weighted by molar-refractivity contribution is 5.45. The monoisotopic (exact) mass is 178 g/mol. The van der Waals surface area contributed by atoms with Crippen molar-refractivity contribution in [3.63, 3.8) is 0 Å². The molecule has 0 fully saturated rings. The molecule has 0 spiro atoms. The summed E-state index contributed by atoms with van der Waals surface area (Å²) in [5, 5.41) is 0. The minimum Gasteiger partial charge on any atom is -0.398 e. The number of H-pyrrole nitrogens is 1. The van der Waals surface area contributed by atoms with Crippen LogP contribution in [0.4, 0.5) is 18.9 Å². The van der Waals surface area contributed by atoms with Gasteiger partial charge < -0.3 is 5.73 Å². The van der Waals surface area contributed by atoms with E-state index in [-0.39, 0.29) is 0 Å². The van der Waals surface area contributed by atoms with Gasteiger partial charge in [-0.05, 0) is 0 Å². The summed E-state index contributed by atoms with van der Waals surface area (Å²) in [6, 6.07) is 0.713. The van der Waals surface area contributed by atoms with E-state index in [2.05, 4.69) is 0 Å². The second kappa shape index (κ2) is 2.88. The number of hydrogen-bond acceptors (Lipinski definition) is 2. The maximum Gasteiger partial charge on any atom is 0.270 e. The number of aromatic amines is 1. The van der Waals surface area contributed by atoms with Gasteiger partial charge in [-0.3, -0.25) is 9.78 Å². The largest absolute Gasteiger partial charge is 0.398 e. The van der Waals surface area contributed by atoms with Gasteiger partial charge in [-0.1, -0.05) is 0 Å². The van der Waals surface area contributed by atoms with Gasteiger partial charge in [0.15, 0.2) is 0 Å². The number of aromatic nitrogens is 1. The van der Waals surface area contributed by atoms with Gasteiger partial charge in [-0.25, -0.2) is 8.78 Å². The molecule has 6 heteroatoms. The van der Waals surface area contributed by atoms with E-state index in [1.807, 2.05) is 0 Å². The van der Waals surface area contributed by atoms with E-state index in [9.17, 15) is 18.0 Å². The lowest BCUT2D eigenvalue weighted by atomic mass is 10.2. The summed E-state index contributed by atoms with van der Waals surface area (Å²) in [5.41, 5.74) is 2.65. The zero-order valence-electron chi connectivity index (χ0n) is 5.77. The number of nitrogens with two attached hydrogens (primary N) is 1. The quantitative estimate of drug-likeness (QED) is 0.631. The van der Waals surface area contributed by atoms with Crippen LogP contribution in [0.15, 0.2) is 10.9 Å². The normalized spacial score (nSPS) is 10.7. The predicted molar refractivity (Wildman–Crippen MR) is 36.4 cm³/mol. The Morgan fingerprint density at radius 1 is 1.50 bits per heavy atom. The molecule has 0 bridgehead atoms. The Balaban J connectivity index is 3.38. The second-order valence-corrected chi connectivity index (χ2v) is 2.12. The Bertz CT molecular complexity index is 321. The summed E-state index contributed by atoms with van der Waals surface area (Å²) < 4.78 is 36.5. The van der Waals surface area contributed by atoms with Crippen LogP contribution >= 0.6 is 0 Å². The van der Waals surface area contributed by atoms with Gasteiger partial charge in [-0.2, -0.15) is 4.39 Å². The first-order valence-corrected chi connectivity index (χ1v) is 2.98. The average molecular weight is 178 g/mol. The van der Waals surface area contributed by atoms with E-state index in [0.717, 1.165) is 0 Å². The Labute approximate surface area is 65.0 Å². The number of nitrogens with one attached hydrogen (secondary N) is 1. The van der Waals surface area contributed by atoms with Crippen molar-refractivity contribution in [3.05, 3.63) is 27.9 Å². The third-order valence-electron chi connectivity index (χ3n) is 1.29. The molecule has 0 aliphatic rings. The first-order chi connectivity index (χ1) is 5.52. The minimum atomic E-state index is -3.03. The van der Waals surface area contributed by atoms with Crippen molar-refractivity contribution in [2.75, 3.05) is 5.73 Å². The Kier molecular flexibility index (Phi) is 2.07. The highest BCUT2D eigenvalue weighted by atomic mass is 19.3. The van der Waals surface area contributed by atoms with Crippen LogP contribution in [0.3, 0.4) is 0 Å². The van der Waals surface area contributed by atoms with Crippen molar-refractivity contribution >= 4 is 5.69 Å². The van der Waals surface area contributed by atoms with Crippen molar-refractivity contribution in [1.29, 1.82) is 0 Å². The molecule has 1 heterocycles. The van der Waals surface area contributed by atoms with Gasteiger partial charge in [0.05, 0.1) is 11.3 Å². The number of anilines is 1. The fraction of sp³-hybridized carbons (Fsp3) is 0.167. The lowest BCUT2D eigenvalue weighted by molar-refractivity contribution is 0.146. The summed E-state index contributed by atoms with van der Waals surface area (Å²) >= 11 is 0. The van der Waals surface area contributed by atoms with Gasteiger partial charge in [-0.15, -0.1) is 0 Å². The molecule has 0 aromatic carbocycles. The smallest absolute Gasteiger partial charge is 0.270 e. The number of pyridine rings is 1. The third-order valence-corrected chi connectivity index (χ3v) is 1.29. The first kappa shape index (κ1) is 8.63. The molecule has 66 valence electrons. The number of halogens is 3. The highest BCUT2D eigenvalue weighted by Crippen LogP contribution is 2.24. The maximum absolute atomic E-state index is 12.5. The van der Waals surface area contributed by atoms with E-state index >= 15 is 0 Å². The van der Waals surface area contributed by atoms with Crippen LogP contribution in [0, 0.1) is 5.95 Å². The molecule has 0 atom stereocenters. The van der Waals surface area contributed by atoms with E-state index in [4.69, 9.17) is 5.73 Å². The van der Waals surface area contributed by atoms with Crippen molar-refractivity contribution in [3.8, 4) is 0 Å². The average Bonchev–Trinajstić information content (AvgIpc) is 1.82. The summed E-state index contributed by atoms with van der Waals surface area (Å²) in [7, 11) is 0. The minimum absolute atomic E-state index is 0.536. The van der Waals surface area contributed by atoms with Crippen LogP contribution in [-0.2, 0) is 0 Å². The highest BCUT2D eigenvalue weighted by Gasteiger charge is 2.17. The molecule has 0 aliphatic heterocycles. The zero-order valence-corrected chi connectivity index (χ0v) is 5.77. The standard InChI is InChI=1S/C6H5F3N2O/c7-5(8)4-2(10)1-3(12)11-6(4)9/h1,5H,(H3,10,11,12). The van der Waals surface area contributed by atoms with Crippen LogP contribution in [0.25, 0.3) is 0 Å². The topological polar surface area (TPSA) is 58.9 Å². The molecular weight excluding hydrogens is 173 g/mol. The molecule has 0 saturated carbocycles. The molecule has 1 rings (SSSR count). The van der Waals surface area contributed by atoms with Crippen LogP contribution in [0.2, 0.25) is 0 Å². The fourth-order valence-corrected chi connectivity index (χ4v) is 0.779. The lowest BCUT2D eigenvalue weighted by Crippen LogP contribution is -2.12. The van der Waals surface area contributed by atoms with Crippen LogP contribution in [-0.4, -0.2) is 4.98 Å². The molecule has 3 nitrogen and oxygen atoms in total. The molecule has 0 radical (unpaired) electrons. The van der Waals surface area contributed by atoms with Crippen LogP contribution < -0.4 is 11.3 Å². The van der Waals surface area contributed by atoms with Gasteiger partial charge in [0, 0.05) is 6.07 Å².